The smallest absolute Gasteiger partial charge is 0.144 e. The molecule has 4 aromatic heterocycles. The van der Waals surface area contributed by atoms with Crippen molar-refractivity contribution in [3.8, 4) is 0 Å². The van der Waals surface area contributed by atoms with Crippen molar-refractivity contribution in [2.24, 2.45) is 5.92 Å². The second-order valence-corrected chi connectivity index (χ2v) is 9.51. The molecule has 0 spiro atoms. The summed E-state index contributed by atoms with van der Waals surface area (Å²) in [4.78, 5) is 24.7. The van der Waals surface area contributed by atoms with Gasteiger partial charge in [0.05, 0.1) is 27.6 Å². The fourth-order valence-electron chi connectivity index (χ4n) is 5.69. The van der Waals surface area contributed by atoms with Gasteiger partial charge in [-0.1, -0.05) is 0 Å². The summed E-state index contributed by atoms with van der Waals surface area (Å²) in [7, 11) is 1.80. The molecule has 2 aliphatic rings. The lowest BCUT2D eigenvalue weighted by molar-refractivity contribution is 0.556. The van der Waals surface area contributed by atoms with E-state index in [0.717, 1.165) is 64.0 Å². The lowest BCUT2D eigenvalue weighted by Gasteiger charge is -2.20. The molecule has 8 nitrogen and oxygen atoms in total. The number of nitrogens with zero attached hydrogens (tertiary/aromatic N) is 5. The van der Waals surface area contributed by atoms with Gasteiger partial charge in [0.1, 0.15) is 23.1 Å². The van der Waals surface area contributed by atoms with Crippen molar-refractivity contribution in [3.63, 3.8) is 0 Å². The van der Waals surface area contributed by atoms with Crippen LogP contribution in [0.4, 0.5) is 15.9 Å². The highest BCUT2D eigenvalue weighted by atomic mass is 19.1. The highest BCUT2D eigenvalue weighted by Gasteiger charge is 2.37. The van der Waals surface area contributed by atoms with Crippen LogP contribution in [0.2, 0.25) is 0 Å². The van der Waals surface area contributed by atoms with Crippen LogP contribution in [-0.4, -0.2) is 57.6 Å². The van der Waals surface area contributed by atoms with Crippen LogP contribution in [0.1, 0.15) is 17.8 Å². The number of halogens is 1. The van der Waals surface area contributed by atoms with Crippen molar-refractivity contribution >= 4 is 44.5 Å². The lowest BCUT2D eigenvalue weighted by Crippen LogP contribution is -2.30. The summed E-state index contributed by atoms with van der Waals surface area (Å²) < 4.78 is 14.5. The van der Waals surface area contributed by atoms with E-state index in [1.807, 2.05) is 24.4 Å². The van der Waals surface area contributed by atoms with Crippen molar-refractivity contribution in [1.29, 1.82) is 0 Å². The van der Waals surface area contributed by atoms with E-state index in [2.05, 4.69) is 30.5 Å². The SMILES string of the molecule is CNc1cc(F)cc2c1[nH]c1nc(Cc3cnc4cccnc4c3)nc(N3C[C@H]4CCN[C@H]4C3)c12. The van der Waals surface area contributed by atoms with Crippen molar-refractivity contribution in [1.82, 2.24) is 30.2 Å². The molecule has 0 saturated carbocycles. The van der Waals surface area contributed by atoms with Gasteiger partial charge >= 0.3 is 0 Å². The van der Waals surface area contributed by atoms with Crippen LogP contribution in [0.3, 0.4) is 0 Å². The first kappa shape index (κ1) is 20.5. The Morgan fingerprint density at radius 3 is 2.97 bits per heavy atom. The van der Waals surface area contributed by atoms with E-state index in [4.69, 9.17) is 9.97 Å². The molecule has 7 rings (SSSR count). The van der Waals surface area contributed by atoms with Gasteiger partial charge in [-0.2, -0.15) is 0 Å². The third-order valence-electron chi connectivity index (χ3n) is 7.35. The van der Waals surface area contributed by atoms with Crippen LogP contribution in [-0.2, 0) is 6.42 Å². The molecule has 5 aromatic rings. The fraction of sp³-hybridized carbons (Fsp3) is 0.308. The molecule has 2 fully saturated rings. The van der Waals surface area contributed by atoms with Crippen LogP contribution in [0, 0.1) is 11.7 Å². The molecule has 35 heavy (non-hydrogen) atoms. The number of fused-ring (bicyclic) bond motifs is 5. The number of aromatic amines is 1. The molecule has 176 valence electrons. The number of pyridine rings is 2. The number of benzene rings is 1. The summed E-state index contributed by atoms with van der Waals surface area (Å²) in [6, 6.07) is 9.43. The summed E-state index contributed by atoms with van der Waals surface area (Å²) >= 11 is 0. The molecule has 2 aliphatic heterocycles. The first-order valence-electron chi connectivity index (χ1n) is 12.0. The predicted octanol–water partition coefficient (Wildman–Crippen LogP) is 3.62. The summed E-state index contributed by atoms with van der Waals surface area (Å²) in [6.07, 6.45) is 5.34. The maximum atomic E-state index is 14.5. The van der Waals surface area contributed by atoms with Gasteiger partial charge in [-0.05, 0) is 54.8 Å². The molecule has 9 heteroatoms. The Morgan fingerprint density at radius 1 is 1.14 bits per heavy atom. The molecule has 0 aliphatic carbocycles. The van der Waals surface area contributed by atoms with Crippen LogP contribution in [0.25, 0.3) is 33.0 Å². The number of nitrogens with one attached hydrogen (secondary N) is 3. The molecule has 2 atom stereocenters. The highest BCUT2D eigenvalue weighted by molar-refractivity contribution is 6.14. The second kappa shape index (κ2) is 7.84. The Bertz CT molecular complexity index is 1580. The number of rotatable bonds is 4. The maximum absolute atomic E-state index is 14.5. The first-order valence-corrected chi connectivity index (χ1v) is 12.0. The normalized spacial score (nSPS) is 19.8. The maximum Gasteiger partial charge on any atom is 0.144 e. The van der Waals surface area contributed by atoms with Gasteiger partial charge in [0, 0.05) is 50.4 Å². The number of anilines is 2. The van der Waals surface area contributed by atoms with E-state index in [0.29, 0.717) is 29.9 Å². The third-order valence-corrected chi connectivity index (χ3v) is 7.35. The van der Waals surface area contributed by atoms with E-state index < -0.39 is 0 Å². The Labute approximate surface area is 201 Å². The van der Waals surface area contributed by atoms with Gasteiger partial charge in [0.2, 0.25) is 0 Å². The van der Waals surface area contributed by atoms with Gasteiger partial charge in [-0.3, -0.25) is 9.97 Å². The Hall–Kier alpha value is -3.85. The molecular weight excluding hydrogens is 443 g/mol. The van der Waals surface area contributed by atoms with Gasteiger partial charge in [0.15, 0.2) is 0 Å². The Balaban J connectivity index is 1.39. The molecule has 2 saturated heterocycles. The largest absolute Gasteiger partial charge is 0.386 e. The van der Waals surface area contributed by atoms with Crippen LogP contribution in [0.5, 0.6) is 0 Å². The van der Waals surface area contributed by atoms with Crippen LogP contribution >= 0.6 is 0 Å². The minimum absolute atomic E-state index is 0.285. The zero-order chi connectivity index (χ0) is 23.5. The van der Waals surface area contributed by atoms with E-state index in [-0.39, 0.29) is 5.82 Å². The molecule has 3 N–H and O–H groups in total. The number of aromatic nitrogens is 5. The van der Waals surface area contributed by atoms with E-state index in [1.54, 1.807) is 19.3 Å². The fourth-order valence-corrected chi connectivity index (χ4v) is 5.69. The van der Waals surface area contributed by atoms with Gasteiger partial charge in [-0.15, -0.1) is 0 Å². The molecule has 1 aromatic carbocycles. The average Bonchev–Trinajstić information content (AvgIpc) is 3.56. The molecule has 0 radical (unpaired) electrons. The first-order chi connectivity index (χ1) is 17.2. The van der Waals surface area contributed by atoms with Crippen molar-refractivity contribution in [2.45, 2.75) is 18.9 Å². The van der Waals surface area contributed by atoms with E-state index in [9.17, 15) is 4.39 Å². The van der Waals surface area contributed by atoms with Gasteiger partial charge in [-0.25, -0.2) is 14.4 Å². The minimum Gasteiger partial charge on any atom is -0.386 e. The zero-order valence-electron chi connectivity index (χ0n) is 19.3. The molecule has 0 amide bonds. The van der Waals surface area contributed by atoms with E-state index >= 15 is 0 Å². The predicted molar refractivity (Wildman–Crippen MR) is 135 cm³/mol. The van der Waals surface area contributed by atoms with E-state index in [1.165, 1.54) is 12.5 Å². The number of H-pyrrole nitrogens is 1. The highest BCUT2D eigenvalue weighted by Crippen LogP contribution is 2.38. The summed E-state index contributed by atoms with van der Waals surface area (Å²) in [5.41, 5.74) is 4.98. The molecule has 0 bridgehead atoms. The van der Waals surface area contributed by atoms with Gasteiger partial charge < -0.3 is 20.5 Å². The van der Waals surface area contributed by atoms with Crippen molar-refractivity contribution in [3.05, 3.63) is 59.9 Å². The topological polar surface area (TPSA) is 94.7 Å². The lowest BCUT2D eigenvalue weighted by atomic mass is 10.1. The molecule has 0 unspecified atom stereocenters. The van der Waals surface area contributed by atoms with Crippen molar-refractivity contribution < 1.29 is 4.39 Å². The average molecular weight is 469 g/mol. The van der Waals surface area contributed by atoms with Crippen LogP contribution < -0.4 is 15.5 Å². The molecular formula is C26H25FN8. The zero-order valence-corrected chi connectivity index (χ0v) is 19.3. The Morgan fingerprint density at radius 2 is 2.09 bits per heavy atom. The standard InChI is InChI=1S/C26H25FN8/c1-28-20-10-16(27)9-17-23-25(34-24(17)20)32-22(8-14-7-19-18(31-11-14)3-2-5-29-19)33-26(23)35-12-15-4-6-30-21(15)13-35/h2-3,5,7,9-11,15,21,28,30H,4,6,8,12-13H2,1H3,(H,32,33,34)/t15-,21+/m1/s1. The quantitative estimate of drug-likeness (QED) is 0.371. The monoisotopic (exact) mass is 468 g/mol. The number of hydrogen-bond acceptors (Lipinski definition) is 7. The summed E-state index contributed by atoms with van der Waals surface area (Å²) in [5.74, 6) is 1.89. The minimum atomic E-state index is -0.285. The third kappa shape index (κ3) is 3.37. The molecule has 6 heterocycles. The van der Waals surface area contributed by atoms with Crippen molar-refractivity contribution in [2.75, 3.05) is 36.9 Å². The number of hydrogen-bond donors (Lipinski definition) is 3. The second-order valence-electron chi connectivity index (χ2n) is 9.51. The van der Waals surface area contributed by atoms with Gasteiger partial charge in [0.25, 0.3) is 0 Å². The summed E-state index contributed by atoms with van der Waals surface area (Å²) in [5, 5.41) is 8.40. The Kier molecular flexibility index (Phi) is 4.60. The van der Waals surface area contributed by atoms with Crippen LogP contribution in [0.15, 0.2) is 42.7 Å². The summed E-state index contributed by atoms with van der Waals surface area (Å²) in [6.45, 7) is 2.89.